The zero-order chi connectivity index (χ0) is 20.5. The number of rotatable bonds is 5. The smallest absolute Gasteiger partial charge is 0.296 e. The molecule has 0 aliphatic carbocycles. The highest BCUT2D eigenvalue weighted by atomic mass is 79.9. The van der Waals surface area contributed by atoms with Crippen LogP contribution in [-0.4, -0.2) is 71.5 Å². The van der Waals surface area contributed by atoms with Gasteiger partial charge in [-0.3, -0.25) is 19.5 Å². The SMILES string of the molecule is CCN(CC)CC(=O)N1CCN(c2nc3c(oc4ccc(Br)cc43)c(=O)[nH]2)CC1. The summed E-state index contributed by atoms with van der Waals surface area (Å²) in [6.07, 6.45) is 0. The lowest BCUT2D eigenvalue weighted by Gasteiger charge is -2.35. The molecular formula is C20H24BrN5O3. The molecule has 0 atom stereocenters. The van der Waals surface area contributed by atoms with E-state index in [1.54, 1.807) is 0 Å². The molecule has 1 fully saturated rings. The number of aromatic nitrogens is 2. The molecule has 0 radical (unpaired) electrons. The van der Waals surface area contributed by atoms with Crippen LogP contribution in [0, 0.1) is 0 Å². The van der Waals surface area contributed by atoms with E-state index in [1.165, 1.54) is 0 Å². The number of amides is 1. The van der Waals surface area contributed by atoms with Crippen LogP contribution in [0.2, 0.25) is 0 Å². The number of nitrogens with one attached hydrogen (secondary N) is 1. The minimum Gasteiger partial charge on any atom is -0.449 e. The maximum Gasteiger partial charge on any atom is 0.296 e. The fraction of sp³-hybridized carbons (Fsp3) is 0.450. The summed E-state index contributed by atoms with van der Waals surface area (Å²) in [5.41, 5.74) is 1.12. The normalized spacial score (nSPS) is 15.0. The summed E-state index contributed by atoms with van der Waals surface area (Å²) in [6, 6.07) is 5.59. The summed E-state index contributed by atoms with van der Waals surface area (Å²) in [5, 5.41) is 0.801. The maximum absolute atomic E-state index is 12.6. The van der Waals surface area contributed by atoms with Crippen molar-refractivity contribution in [2.24, 2.45) is 0 Å². The monoisotopic (exact) mass is 461 g/mol. The number of piperazine rings is 1. The van der Waals surface area contributed by atoms with E-state index in [9.17, 15) is 9.59 Å². The molecular weight excluding hydrogens is 438 g/mol. The van der Waals surface area contributed by atoms with Crippen molar-refractivity contribution in [3.8, 4) is 0 Å². The number of aromatic amines is 1. The van der Waals surface area contributed by atoms with Crippen LogP contribution in [0.3, 0.4) is 0 Å². The molecule has 9 heteroatoms. The van der Waals surface area contributed by atoms with Crippen LogP contribution >= 0.6 is 15.9 Å². The van der Waals surface area contributed by atoms with Gasteiger partial charge in [0.05, 0.1) is 6.54 Å². The van der Waals surface area contributed by atoms with Crippen molar-refractivity contribution < 1.29 is 9.21 Å². The molecule has 2 aromatic heterocycles. The highest BCUT2D eigenvalue weighted by molar-refractivity contribution is 9.10. The van der Waals surface area contributed by atoms with Crippen LogP contribution in [0.4, 0.5) is 5.95 Å². The van der Waals surface area contributed by atoms with Crippen LogP contribution in [0.25, 0.3) is 22.1 Å². The van der Waals surface area contributed by atoms with Crippen LogP contribution in [-0.2, 0) is 4.79 Å². The van der Waals surface area contributed by atoms with Crippen molar-refractivity contribution in [1.82, 2.24) is 19.8 Å². The standard InChI is InChI=1S/C20H24BrN5O3/c1-3-24(4-2)12-16(27)25-7-9-26(10-8-25)20-22-17-14-11-13(21)5-6-15(14)29-18(17)19(28)23-20/h5-6,11H,3-4,7-10,12H2,1-2H3,(H,22,23,28). The molecule has 1 aliphatic rings. The predicted molar refractivity (Wildman–Crippen MR) is 116 cm³/mol. The number of H-pyrrole nitrogens is 1. The molecule has 8 nitrogen and oxygen atoms in total. The van der Waals surface area contributed by atoms with E-state index in [1.807, 2.05) is 28.0 Å². The third kappa shape index (κ3) is 3.89. The van der Waals surface area contributed by atoms with Gasteiger partial charge in [0.15, 0.2) is 0 Å². The van der Waals surface area contributed by atoms with Crippen molar-refractivity contribution in [1.29, 1.82) is 0 Å². The second-order valence-electron chi connectivity index (χ2n) is 7.14. The van der Waals surface area contributed by atoms with Gasteiger partial charge in [0.25, 0.3) is 5.56 Å². The molecule has 29 heavy (non-hydrogen) atoms. The number of anilines is 1. The lowest BCUT2D eigenvalue weighted by Crippen LogP contribution is -2.51. The number of fused-ring (bicyclic) bond motifs is 3. The van der Waals surface area contributed by atoms with Gasteiger partial charge in [0, 0.05) is 36.0 Å². The van der Waals surface area contributed by atoms with Crippen molar-refractivity contribution in [2.45, 2.75) is 13.8 Å². The van der Waals surface area contributed by atoms with Gasteiger partial charge >= 0.3 is 0 Å². The van der Waals surface area contributed by atoms with E-state index in [0.29, 0.717) is 49.8 Å². The van der Waals surface area contributed by atoms with Crippen molar-refractivity contribution in [3.63, 3.8) is 0 Å². The number of carbonyl (C=O) groups excluding carboxylic acids is 1. The number of benzene rings is 1. The summed E-state index contributed by atoms with van der Waals surface area (Å²) >= 11 is 3.46. The molecule has 154 valence electrons. The highest BCUT2D eigenvalue weighted by Gasteiger charge is 2.24. The molecule has 0 saturated carbocycles. The number of halogens is 1. The number of nitrogens with zero attached hydrogens (tertiary/aromatic N) is 4. The number of hydrogen-bond donors (Lipinski definition) is 1. The van der Waals surface area contributed by atoms with Gasteiger partial charge in [-0.05, 0) is 31.3 Å². The zero-order valence-electron chi connectivity index (χ0n) is 16.6. The third-order valence-corrected chi connectivity index (χ3v) is 5.95. The van der Waals surface area contributed by atoms with Gasteiger partial charge in [-0.15, -0.1) is 0 Å². The lowest BCUT2D eigenvalue weighted by molar-refractivity contribution is -0.132. The molecule has 1 N–H and O–H groups in total. The molecule has 1 saturated heterocycles. The third-order valence-electron chi connectivity index (χ3n) is 5.46. The van der Waals surface area contributed by atoms with Crippen molar-refractivity contribution >= 4 is 49.9 Å². The fourth-order valence-corrected chi connectivity index (χ4v) is 4.03. The summed E-state index contributed by atoms with van der Waals surface area (Å²) in [5.74, 6) is 0.664. The molecule has 1 aromatic carbocycles. The first-order valence-electron chi connectivity index (χ1n) is 9.87. The number of furan rings is 1. The van der Waals surface area contributed by atoms with Gasteiger partial charge in [0.2, 0.25) is 17.4 Å². The quantitative estimate of drug-likeness (QED) is 0.627. The second kappa shape index (κ2) is 8.16. The largest absolute Gasteiger partial charge is 0.449 e. The molecule has 3 aromatic rings. The van der Waals surface area contributed by atoms with E-state index in [4.69, 9.17) is 4.42 Å². The lowest BCUT2D eigenvalue weighted by atomic mass is 10.2. The highest BCUT2D eigenvalue weighted by Crippen LogP contribution is 2.28. The Bertz CT molecular complexity index is 1100. The molecule has 1 aliphatic heterocycles. The first kappa shape index (κ1) is 19.9. The first-order valence-corrected chi connectivity index (χ1v) is 10.7. The topological polar surface area (TPSA) is 85.7 Å². The molecule has 4 rings (SSSR count). The Kier molecular flexibility index (Phi) is 5.60. The Morgan fingerprint density at radius 2 is 1.97 bits per heavy atom. The minimum atomic E-state index is -0.294. The average Bonchev–Trinajstić information content (AvgIpc) is 3.10. The first-order chi connectivity index (χ1) is 14.0. The summed E-state index contributed by atoms with van der Waals surface area (Å²) in [7, 11) is 0. The molecule has 0 bridgehead atoms. The van der Waals surface area contributed by atoms with Crippen LogP contribution < -0.4 is 10.5 Å². The van der Waals surface area contributed by atoms with Gasteiger partial charge < -0.3 is 14.2 Å². The molecule has 3 heterocycles. The van der Waals surface area contributed by atoms with Crippen molar-refractivity contribution in [2.75, 3.05) is 50.7 Å². The number of hydrogen-bond acceptors (Lipinski definition) is 6. The fourth-order valence-electron chi connectivity index (χ4n) is 3.67. The maximum atomic E-state index is 12.6. The summed E-state index contributed by atoms with van der Waals surface area (Å²) < 4.78 is 6.58. The van der Waals surface area contributed by atoms with E-state index < -0.39 is 0 Å². The minimum absolute atomic E-state index is 0.149. The second-order valence-corrected chi connectivity index (χ2v) is 8.05. The van der Waals surface area contributed by atoms with E-state index in [2.05, 4.69) is 44.6 Å². The Morgan fingerprint density at radius 1 is 1.24 bits per heavy atom. The van der Waals surface area contributed by atoms with Gasteiger partial charge in [0.1, 0.15) is 11.1 Å². The van der Waals surface area contributed by atoms with Crippen LogP contribution in [0.15, 0.2) is 31.9 Å². The molecule has 1 amide bonds. The number of carbonyl (C=O) groups is 1. The van der Waals surface area contributed by atoms with Crippen LogP contribution in [0.1, 0.15) is 13.8 Å². The van der Waals surface area contributed by atoms with Crippen molar-refractivity contribution in [3.05, 3.63) is 33.0 Å². The predicted octanol–water partition coefficient (Wildman–Crippen LogP) is 2.42. The van der Waals surface area contributed by atoms with Gasteiger partial charge in [-0.1, -0.05) is 29.8 Å². The van der Waals surface area contributed by atoms with Crippen LogP contribution in [0.5, 0.6) is 0 Å². The van der Waals surface area contributed by atoms with Gasteiger partial charge in [-0.2, -0.15) is 0 Å². The van der Waals surface area contributed by atoms with E-state index in [0.717, 1.165) is 22.9 Å². The Labute approximate surface area is 176 Å². The summed E-state index contributed by atoms with van der Waals surface area (Å²) in [6.45, 7) is 8.76. The van der Waals surface area contributed by atoms with E-state index in [-0.39, 0.29) is 17.0 Å². The molecule has 0 spiro atoms. The van der Waals surface area contributed by atoms with E-state index >= 15 is 0 Å². The Balaban J connectivity index is 1.54. The Hall–Kier alpha value is -2.39. The Morgan fingerprint density at radius 3 is 2.66 bits per heavy atom. The van der Waals surface area contributed by atoms with Gasteiger partial charge in [-0.25, -0.2) is 4.98 Å². The molecule has 0 unspecified atom stereocenters. The average molecular weight is 462 g/mol. The zero-order valence-corrected chi connectivity index (χ0v) is 18.2. The number of likely N-dealkylation sites (N-methyl/N-ethyl adjacent to an activating group) is 1. The summed E-state index contributed by atoms with van der Waals surface area (Å²) in [4.78, 5) is 38.6.